The molecule has 3 rings (SSSR count). The predicted molar refractivity (Wildman–Crippen MR) is 121 cm³/mol. The molecule has 3 N–H and O–H groups in total. The third-order valence-electron chi connectivity index (χ3n) is 4.24. The molecule has 1 amide bonds. The summed E-state index contributed by atoms with van der Waals surface area (Å²) in [4.78, 5) is 12.5. The first-order valence-electron chi connectivity index (χ1n) is 9.11. The Morgan fingerprint density at radius 3 is 2.10 bits per heavy atom. The zero-order chi connectivity index (χ0) is 22.6. The standard InChI is InChI=1S/C21H21N3O5S2/c1-15-6-3-4-9-20(15)24-31(28,29)19-12-10-17(11-13-19)22-21(25)16-7-5-8-18(14-16)23-30(2,26)27/h3-14,23-24H,1-2H3,(H,22,25). The Labute approximate surface area is 181 Å². The molecule has 0 fully saturated rings. The highest BCUT2D eigenvalue weighted by Crippen LogP contribution is 2.21. The van der Waals surface area contributed by atoms with Crippen molar-refractivity contribution < 1.29 is 21.6 Å². The van der Waals surface area contributed by atoms with Crippen molar-refractivity contribution in [2.45, 2.75) is 11.8 Å². The van der Waals surface area contributed by atoms with E-state index in [4.69, 9.17) is 0 Å². The lowest BCUT2D eigenvalue weighted by molar-refractivity contribution is 0.102. The SMILES string of the molecule is Cc1ccccc1NS(=O)(=O)c1ccc(NC(=O)c2cccc(NS(C)(=O)=O)c2)cc1. The maximum atomic E-state index is 12.6. The fraction of sp³-hybridized carbons (Fsp3) is 0.0952. The second-order valence-electron chi connectivity index (χ2n) is 6.85. The van der Waals surface area contributed by atoms with E-state index in [-0.39, 0.29) is 16.1 Å². The number of sulfonamides is 2. The molecule has 0 radical (unpaired) electrons. The topological polar surface area (TPSA) is 121 Å². The van der Waals surface area contributed by atoms with Crippen LogP contribution in [0.2, 0.25) is 0 Å². The van der Waals surface area contributed by atoms with Crippen LogP contribution in [0.25, 0.3) is 0 Å². The number of aryl methyl sites for hydroxylation is 1. The maximum absolute atomic E-state index is 12.6. The lowest BCUT2D eigenvalue weighted by Gasteiger charge is -2.11. The van der Waals surface area contributed by atoms with Gasteiger partial charge in [-0.25, -0.2) is 16.8 Å². The van der Waals surface area contributed by atoms with Gasteiger partial charge in [0.2, 0.25) is 10.0 Å². The summed E-state index contributed by atoms with van der Waals surface area (Å²) >= 11 is 0. The Bertz CT molecular complexity index is 1320. The van der Waals surface area contributed by atoms with Crippen LogP contribution in [0.5, 0.6) is 0 Å². The van der Waals surface area contributed by atoms with Crippen LogP contribution < -0.4 is 14.8 Å². The van der Waals surface area contributed by atoms with Crippen LogP contribution in [-0.4, -0.2) is 29.0 Å². The van der Waals surface area contributed by atoms with Gasteiger partial charge in [-0.3, -0.25) is 14.2 Å². The van der Waals surface area contributed by atoms with Gasteiger partial charge in [0.05, 0.1) is 16.8 Å². The van der Waals surface area contributed by atoms with E-state index in [2.05, 4.69) is 14.8 Å². The van der Waals surface area contributed by atoms with Gasteiger partial charge in [0.15, 0.2) is 0 Å². The molecule has 10 heteroatoms. The smallest absolute Gasteiger partial charge is 0.261 e. The minimum absolute atomic E-state index is 0.0492. The molecule has 0 saturated carbocycles. The summed E-state index contributed by atoms with van der Waals surface area (Å²) in [5, 5.41) is 2.65. The van der Waals surface area contributed by atoms with Crippen LogP contribution in [0.3, 0.4) is 0 Å². The first-order chi connectivity index (χ1) is 14.5. The van der Waals surface area contributed by atoms with Gasteiger partial charge in [0.1, 0.15) is 0 Å². The number of nitrogens with one attached hydrogen (secondary N) is 3. The molecular weight excluding hydrogens is 438 g/mol. The lowest BCUT2D eigenvalue weighted by atomic mass is 10.2. The van der Waals surface area contributed by atoms with Gasteiger partial charge in [-0.05, 0) is 61.0 Å². The fourth-order valence-corrected chi connectivity index (χ4v) is 4.44. The quantitative estimate of drug-likeness (QED) is 0.500. The van der Waals surface area contributed by atoms with Crippen molar-refractivity contribution in [2.75, 3.05) is 21.0 Å². The van der Waals surface area contributed by atoms with Crippen molar-refractivity contribution in [3.8, 4) is 0 Å². The molecule has 3 aromatic carbocycles. The number of para-hydroxylation sites is 1. The van der Waals surface area contributed by atoms with E-state index in [0.29, 0.717) is 11.4 Å². The number of benzene rings is 3. The minimum Gasteiger partial charge on any atom is -0.322 e. The third kappa shape index (κ3) is 6.06. The van der Waals surface area contributed by atoms with Gasteiger partial charge in [0, 0.05) is 16.9 Å². The number of hydrogen-bond acceptors (Lipinski definition) is 5. The number of anilines is 3. The molecule has 0 unspecified atom stereocenters. The Morgan fingerprint density at radius 1 is 0.774 bits per heavy atom. The molecular formula is C21H21N3O5S2. The van der Waals surface area contributed by atoms with Crippen molar-refractivity contribution >= 4 is 43.0 Å². The largest absolute Gasteiger partial charge is 0.322 e. The Balaban J connectivity index is 1.73. The van der Waals surface area contributed by atoms with E-state index in [1.807, 2.05) is 6.07 Å². The summed E-state index contributed by atoms with van der Waals surface area (Å²) < 4.78 is 52.8. The molecule has 162 valence electrons. The number of hydrogen-bond donors (Lipinski definition) is 3. The number of carbonyl (C=O) groups is 1. The summed E-state index contributed by atoms with van der Waals surface area (Å²) in [5.74, 6) is -0.467. The maximum Gasteiger partial charge on any atom is 0.261 e. The van der Waals surface area contributed by atoms with E-state index < -0.39 is 26.0 Å². The van der Waals surface area contributed by atoms with Gasteiger partial charge in [0.25, 0.3) is 15.9 Å². The van der Waals surface area contributed by atoms with Crippen LogP contribution >= 0.6 is 0 Å². The average molecular weight is 460 g/mol. The highest BCUT2D eigenvalue weighted by atomic mass is 32.2. The van der Waals surface area contributed by atoms with Gasteiger partial charge in [-0.15, -0.1) is 0 Å². The predicted octanol–water partition coefficient (Wildman–Crippen LogP) is 3.42. The third-order valence-corrected chi connectivity index (χ3v) is 6.23. The molecule has 3 aromatic rings. The van der Waals surface area contributed by atoms with Crippen molar-refractivity contribution in [3.63, 3.8) is 0 Å². The molecule has 0 aliphatic heterocycles. The summed E-state index contributed by atoms with van der Waals surface area (Å²) in [5.41, 5.74) is 2.18. The highest BCUT2D eigenvalue weighted by Gasteiger charge is 2.15. The van der Waals surface area contributed by atoms with Gasteiger partial charge in [-0.1, -0.05) is 24.3 Å². The molecule has 0 spiro atoms. The van der Waals surface area contributed by atoms with Crippen molar-refractivity contribution in [3.05, 3.63) is 83.9 Å². The molecule has 0 aliphatic rings. The van der Waals surface area contributed by atoms with E-state index in [9.17, 15) is 21.6 Å². The van der Waals surface area contributed by atoms with Crippen molar-refractivity contribution in [2.24, 2.45) is 0 Å². The van der Waals surface area contributed by atoms with Gasteiger partial charge >= 0.3 is 0 Å². The molecule has 0 bridgehead atoms. The second kappa shape index (κ2) is 8.78. The molecule has 31 heavy (non-hydrogen) atoms. The molecule has 0 aromatic heterocycles. The molecule has 0 heterocycles. The van der Waals surface area contributed by atoms with Crippen LogP contribution in [0, 0.1) is 6.92 Å². The fourth-order valence-electron chi connectivity index (χ4n) is 2.75. The lowest BCUT2D eigenvalue weighted by Crippen LogP contribution is -2.15. The van der Waals surface area contributed by atoms with Crippen LogP contribution in [-0.2, 0) is 20.0 Å². The van der Waals surface area contributed by atoms with Gasteiger partial charge < -0.3 is 5.32 Å². The monoisotopic (exact) mass is 459 g/mol. The summed E-state index contributed by atoms with van der Waals surface area (Å²) in [6.07, 6.45) is 1.02. The molecule has 0 saturated heterocycles. The average Bonchev–Trinajstić information content (AvgIpc) is 2.69. The second-order valence-corrected chi connectivity index (χ2v) is 10.3. The van der Waals surface area contributed by atoms with Crippen molar-refractivity contribution in [1.82, 2.24) is 0 Å². The zero-order valence-electron chi connectivity index (χ0n) is 16.8. The van der Waals surface area contributed by atoms with Crippen LogP contribution in [0.1, 0.15) is 15.9 Å². The Kier molecular flexibility index (Phi) is 6.32. The number of carbonyl (C=O) groups excluding carboxylic acids is 1. The summed E-state index contributed by atoms with van der Waals surface area (Å²) in [6, 6.07) is 18.8. The molecule has 0 aliphatic carbocycles. The normalized spacial score (nSPS) is 11.5. The van der Waals surface area contributed by atoms with Crippen LogP contribution in [0.4, 0.5) is 17.1 Å². The number of rotatable bonds is 7. The van der Waals surface area contributed by atoms with Crippen LogP contribution in [0.15, 0.2) is 77.7 Å². The summed E-state index contributed by atoms with van der Waals surface area (Å²) in [6.45, 7) is 1.80. The highest BCUT2D eigenvalue weighted by molar-refractivity contribution is 7.92. The first-order valence-corrected chi connectivity index (χ1v) is 12.5. The molecule has 8 nitrogen and oxygen atoms in total. The van der Waals surface area contributed by atoms with E-state index in [1.165, 1.54) is 42.5 Å². The van der Waals surface area contributed by atoms with E-state index in [0.717, 1.165) is 11.8 Å². The minimum atomic E-state index is -3.78. The zero-order valence-corrected chi connectivity index (χ0v) is 18.4. The Hall–Kier alpha value is -3.37. The van der Waals surface area contributed by atoms with Gasteiger partial charge in [-0.2, -0.15) is 0 Å². The van der Waals surface area contributed by atoms with E-state index >= 15 is 0 Å². The first kappa shape index (κ1) is 22.3. The van der Waals surface area contributed by atoms with Crippen molar-refractivity contribution in [1.29, 1.82) is 0 Å². The molecule has 0 atom stereocenters. The Morgan fingerprint density at radius 2 is 1.45 bits per heavy atom. The summed E-state index contributed by atoms with van der Waals surface area (Å²) in [7, 11) is -7.25. The number of amides is 1. The van der Waals surface area contributed by atoms with E-state index in [1.54, 1.807) is 31.2 Å².